The number of hydrogen-bond donors (Lipinski definition) is 2. The number of halogens is 5. The van der Waals surface area contributed by atoms with Crippen LogP contribution in [-0.4, -0.2) is 25.8 Å². The SMILES string of the molecule is Cn1cc(-c2cc(Oc3ccc(NC(=O)Nc4ccc(Cl)c(C(F)(F)F)c4)c(F)c3)ncn2)cn1. The molecule has 0 saturated heterocycles. The van der Waals surface area contributed by atoms with Gasteiger partial charge in [0.2, 0.25) is 5.88 Å². The number of rotatable bonds is 5. The molecule has 180 valence electrons. The zero-order valence-electron chi connectivity index (χ0n) is 17.8. The molecule has 0 aliphatic rings. The summed E-state index contributed by atoms with van der Waals surface area (Å²) in [5, 5.41) is 7.99. The van der Waals surface area contributed by atoms with Crippen molar-refractivity contribution in [2.45, 2.75) is 6.18 Å². The highest BCUT2D eigenvalue weighted by molar-refractivity contribution is 6.31. The number of carbonyl (C=O) groups excluding carboxylic acids is 1. The lowest BCUT2D eigenvalue weighted by molar-refractivity contribution is -0.137. The predicted octanol–water partition coefficient (Wildman–Crippen LogP) is 6.12. The highest BCUT2D eigenvalue weighted by atomic mass is 35.5. The number of ether oxygens (including phenoxy) is 1. The minimum atomic E-state index is -4.70. The molecule has 0 saturated carbocycles. The van der Waals surface area contributed by atoms with Crippen molar-refractivity contribution in [3.8, 4) is 22.9 Å². The molecule has 4 rings (SSSR count). The zero-order valence-corrected chi connectivity index (χ0v) is 18.5. The van der Waals surface area contributed by atoms with E-state index in [0.29, 0.717) is 11.8 Å². The zero-order chi connectivity index (χ0) is 25.2. The quantitative estimate of drug-likeness (QED) is 0.318. The molecule has 2 aromatic heterocycles. The van der Waals surface area contributed by atoms with Gasteiger partial charge in [-0.3, -0.25) is 4.68 Å². The molecule has 0 aliphatic heterocycles. The number of benzene rings is 2. The normalized spacial score (nSPS) is 11.3. The van der Waals surface area contributed by atoms with E-state index >= 15 is 0 Å². The lowest BCUT2D eigenvalue weighted by Gasteiger charge is -2.13. The lowest BCUT2D eigenvalue weighted by Crippen LogP contribution is -2.20. The Kier molecular flexibility index (Phi) is 6.56. The second kappa shape index (κ2) is 9.58. The van der Waals surface area contributed by atoms with Crippen LogP contribution in [0.5, 0.6) is 11.6 Å². The molecule has 35 heavy (non-hydrogen) atoms. The van der Waals surface area contributed by atoms with E-state index in [9.17, 15) is 22.4 Å². The van der Waals surface area contributed by atoms with Crippen LogP contribution in [0.2, 0.25) is 5.02 Å². The lowest BCUT2D eigenvalue weighted by atomic mass is 10.2. The largest absolute Gasteiger partial charge is 0.439 e. The average Bonchev–Trinajstić information content (AvgIpc) is 3.23. The summed E-state index contributed by atoms with van der Waals surface area (Å²) in [7, 11) is 1.76. The number of alkyl halides is 3. The van der Waals surface area contributed by atoms with E-state index in [2.05, 4.69) is 25.7 Å². The standard InChI is InChI=1S/C22H15ClF4N6O2/c1-33-10-12(9-30-33)19-8-20(29-11-28-19)35-14-3-5-18(17(24)7-14)32-21(34)31-13-2-4-16(23)15(6-13)22(25,26)27/h2-11H,1H3,(H2,31,32,34). The number of hydrogen-bond acceptors (Lipinski definition) is 5. The highest BCUT2D eigenvalue weighted by Gasteiger charge is 2.33. The first-order valence-corrected chi connectivity index (χ1v) is 10.2. The van der Waals surface area contributed by atoms with E-state index in [0.717, 1.165) is 17.7 Å². The molecule has 13 heteroatoms. The van der Waals surface area contributed by atoms with Crippen LogP contribution in [-0.2, 0) is 13.2 Å². The third-order valence-electron chi connectivity index (χ3n) is 4.58. The summed E-state index contributed by atoms with van der Waals surface area (Å²) < 4.78 is 60.7. The molecular weight excluding hydrogens is 492 g/mol. The Morgan fingerprint density at radius 1 is 1.09 bits per heavy atom. The second-order valence-corrected chi connectivity index (χ2v) is 7.57. The molecule has 0 unspecified atom stereocenters. The molecule has 0 aliphatic carbocycles. The van der Waals surface area contributed by atoms with Crippen molar-refractivity contribution in [3.05, 3.63) is 77.6 Å². The van der Waals surface area contributed by atoms with Crippen LogP contribution in [0.15, 0.2) is 61.2 Å². The molecule has 0 spiro atoms. The number of nitrogens with one attached hydrogen (secondary N) is 2. The maximum atomic E-state index is 14.5. The van der Waals surface area contributed by atoms with Crippen molar-refractivity contribution in [2.75, 3.05) is 10.6 Å². The summed E-state index contributed by atoms with van der Waals surface area (Å²) in [6, 6.07) is 7.10. The number of nitrogens with zero attached hydrogens (tertiary/aromatic N) is 4. The summed E-state index contributed by atoms with van der Waals surface area (Å²) >= 11 is 5.56. The minimum Gasteiger partial charge on any atom is -0.439 e. The van der Waals surface area contributed by atoms with Gasteiger partial charge >= 0.3 is 12.2 Å². The second-order valence-electron chi connectivity index (χ2n) is 7.16. The van der Waals surface area contributed by atoms with Crippen molar-refractivity contribution < 1.29 is 27.1 Å². The molecule has 0 radical (unpaired) electrons. The third kappa shape index (κ3) is 5.84. The van der Waals surface area contributed by atoms with Gasteiger partial charge in [0.1, 0.15) is 17.9 Å². The summed E-state index contributed by atoms with van der Waals surface area (Å²) in [5.74, 6) is -0.594. The van der Waals surface area contributed by atoms with Crippen molar-refractivity contribution in [1.82, 2.24) is 19.7 Å². The fraction of sp³-hybridized carbons (Fsp3) is 0.0909. The van der Waals surface area contributed by atoms with E-state index < -0.39 is 28.6 Å². The Labute approximate surface area is 200 Å². The van der Waals surface area contributed by atoms with Crippen molar-refractivity contribution >= 4 is 29.0 Å². The van der Waals surface area contributed by atoms with Gasteiger partial charge in [-0.25, -0.2) is 19.2 Å². The van der Waals surface area contributed by atoms with Gasteiger partial charge in [-0.15, -0.1) is 0 Å². The molecule has 2 aromatic carbocycles. The van der Waals surface area contributed by atoms with E-state index in [1.807, 2.05) is 0 Å². The van der Waals surface area contributed by atoms with Crippen LogP contribution in [0.3, 0.4) is 0 Å². The summed E-state index contributed by atoms with van der Waals surface area (Å²) in [4.78, 5) is 20.3. The Morgan fingerprint density at radius 2 is 1.89 bits per heavy atom. The first-order chi connectivity index (χ1) is 16.6. The monoisotopic (exact) mass is 506 g/mol. The first-order valence-electron chi connectivity index (χ1n) is 9.82. The number of carbonyl (C=O) groups is 1. The Hall–Kier alpha value is -4.19. The molecule has 0 fully saturated rings. The van der Waals surface area contributed by atoms with Crippen LogP contribution < -0.4 is 15.4 Å². The molecule has 4 aromatic rings. The number of aromatic nitrogens is 4. The smallest absolute Gasteiger partial charge is 0.417 e. The van der Waals surface area contributed by atoms with Crippen LogP contribution in [0.1, 0.15) is 5.56 Å². The molecule has 2 heterocycles. The van der Waals surface area contributed by atoms with Gasteiger partial charge < -0.3 is 15.4 Å². The minimum absolute atomic E-state index is 0.0943. The van der Waals surface area contributed by atoms with E-state index in [-0.39, 0.29) is 23.0 Å². The summed E-state index contributed by atoms with van der Waals surface area (Å²) in [6.07, 6.45) is -0.0403. The predicted molar refractivity (Wildman–Crippen MR) is 120 cm³/mol. The molecule has 8 nitrogen and oxygen atoms in total. The van der Waals surface area contributed by atoms with Gasteiger partial charge in [-0.1, -0.05) is 11.6 Å². The van der Waals surface area contributed by atoms with Gasteiger partial charge in [-0.05, 0) is 30.3 Å². The summed E-state index contributed by atoms with van der Waals surface area (Å²) in [6.45, 7) is 0. The highest BCUT2D eigenvalue weighted by Crippen LogP contribution is 2.36. The Morgan fingerprint density at radius 3 is 2.57 bits per heavy atom. The Bertz CT molecular complexity index is 1390. The van der Waals surface area contributed by atoms with E-state index in [1.165, 1.54) is 24.5 Å². The van der Waals surface area contributed by atoms with Crippen molar-refractivity contribution in [1.29, 1.82) is 0 Å². The summed E-state index contributed by atoms with van der Waals surface area (Å²) in [5.41, 5.74) is -0.221. The van der Waals surface area contributed by atoms with Gasteiger partial charge in [-0.2, -0.15) is 18.3 Å². The topological polar surface area (TPSA) is 94.0 Å². The van der Waals surface area contributed by atoms with Gasteiger partial charge in [0.25, 0.3) is 0 Å². The van der Waals surface area contributed by atoms with Crippen LogP contribution in [0.25, 0.3) is 11.3 Å². The van der Waals surface area contributed by atoms with Gasteiger partial charge in [0, 0.05) is 36.6 Å². The molecular formula is C22H15ClF4N6O2. The maximum absolute atomic E-state index is 14.5. The molecule has 2 N–H and O–H groups in total. The van der Waals surface area contributed by atoms with Crippen LogP contribution in [0.4, 0.5) is 33.7 Å². The molecule has 0 atom stereocenters. The van der Waals surface area contributed by atoms with Crippen molar-refractivity contribution in [2.24, 2.45) is 7.05 Å². The fourth-order valence-corrected chi connectivity index (χ4v) is 3.22. The Balaban J connectivity index is 1.43. The van der Waals surface area contributed by atoms with Gasteiger partial charge in [0.15, 0.2) is 0 Å². The molecule has 2 amide bonds. The average molecular weight is 507 g/mol. The van der Waals surface area contributed by atoms with E-state index in [1.54, 1.807) is 30.2 Å². The number of urea groups is 1. The maximum Gasteiger partial charge on any atom is 0.417 e. The third-order valence-corrected chi connectivity index (χ3v) is 4.91. The number of aryl methyl sites for hydroxylation is 1. The fourth-order valence-electron chi connectivity index (χ4n) is 2.99. The van der Waals surface area contributed by atoms with Crippen LogP contribution in [0, 0.1) is 5.82 Å². The molecule has 0 bridgehead atoms. The number of amides is 2. The first kappa shape index (κ1) is 24.0. The van der Waals surface area contributed by atoms with Crippen LogP contribution >= 0.6 is 11.6 Å². The van der Waals surface area contributed by atoms with Crippen molar-refractivity contribution in [3.63, 3.8) is 0 Å². The van der Waals surface area contributed by atoms with E-state index in [4.69, 9.17) is 16.3 Å². The number of anilines is 2. The van der Waals surface area contributed by atoms with Gasteiger partial charge in [0.05, 0.1) is 28.2 Å².